The van der Waals surface area contributed by atoms with Gasteiger partial charge in [0.25, 0.3) is 0 Å². The SMILES string of the molecule is CC(=O)C(=CCc1cc(F)c(F)c(F)c1)C(C)=O. The van der Waals surface area contributed by atoms with Crippen LogP contribution in [0.15, 0.2) is 23.8 Å². The number of carbonyl (C=O) groups excluding carboxylic acids is 2. The Morgan fingerprint density at radius 1 is 1.06 bits per heavy atom. The molecule has 0 amide bonds. The maximum atomic E-state index is 12.9. The van der Waals surface area contributed by atoms with Crippen LogP contribution in [0.2, 0.25) is 0 Å². The van der Waals surface area contributed by atoms with Crippen molar-refractivity contribution in [2.45, 2.75) is 20.3 Å². The molecule has 0 radical (unpaired) electrons. The van der Waals surface area contributed by atoms with E-state index in [2.05, 4.69) is 0 Å². The van der Waals surface area contributed by atoms with Crippen LogP contribution in [0.4, 0.5) is 13.2 Å². The first-order valence-corrected chi connectivity index (χ1v) is 5.18. The van der Waals surface area contributed by atoms with E-state index >= 15 is 0 Å². The lowest BCUT2D eigenvalue weighted by atomic mass is 10.0. The molecule has 0 aliphatic carbocycles. The summed E-state index contributed by atoms with van der Waals surface area (Å²) in [7, 11) is 0. The molecule has 0 N–H and O–H groups in total. The van der Waals surface area contributed by atoms with Crippen LogP contribution in [0, 0.1) is 17.5 Å². The molecule has 1 rings (SSSR count). The lowest BCUT2D eigenvalue weighted by Gasteiger charge is -2.02. The van der Waals surface area contributed by atoms with Crippen molar-refractivity contribution in [1.29, 1.82) is 0 Å². The third kappa shape index (κ3) is 3.29. The molecular formula is C13H11F3O2. The Morgan fingerprint density at radius 3 is 1.89 bits per heavy atom. The number of halogens is 3. The van der Waals surface area contributed by atoms with Crippen molar-refractivity contribution < 1.29 is 22.8 Å². The standard InChI is InChI=1S/C13H11F3O2/c1-7(17)10(8(2)18)4-3-9-5-11(14)13(16)12(15)6-9/h4-6H,3H2,1-2H3. The first-order valence-electron chi connectivity index (χ1n) is 5.18. The number of allylic oxidation sites excluding steroid dienone is 2. The maximum Gasteiger partial charge on any atom is 0.194 e. The highest BCUT2D eigenvalue weighted by molar-refractivity contribution is 6.18. The molecule has 18 heavy (non-hydrogen) atoms. The zero-order chi connectivity index (χ0) is 13.9. The first kappa shape index (κ1) is 14.2. The minimum Gasteiger partial charge on any atom is -0.294 e. The summed E-state index contributed by atoms with van der Waals surface area (Å²) in [6, 6.07) is 1.65. The number of rotatable bonds is 4. The van der Waals surface area contributed by atoms with Crippen LogP contribution in [0.25, 0.3) is 0 Å². The third-order valence-corrected chi connectivity index (χ3v) is 2.34. The highest BCUT2D eigenvalue weighted by atomic mass is 19.2. The van der Waals surface area contributed by atoms with Gasteiger partial charge in [0, 0.05) is 0 Å². The van der Waals surface area contributed by atoms with Gasteiger partial charge in [0.2, 0.25) is 0 Å². The van der Waals surface area contributed by atoms with Crippen LogP contribution in [0.1, 0.15) is 19.4 Å². The fraction of sp³-hybridized carbons (Fsp3) is 0.231. The zero-order valence-corrected chi connectivity index (χ0v) is 9.89. The molecule has 0 aliphatic heterocycles. The topological polar surface area (TPSA) is 34.1 Å². The molecule has 0 saturated heterocycles. The molecule has 0 bridgehead atoms. The second kappa shape index (κ2) is 5.62. The van der Waals surface area contributed by atoms with Gasteiger partial charge in [-0.15, -0.1) is 0 Å². The van der Waals surface area contributed by atoms with E-state index in [1.807, 2.05) is 0 Å². The molecule has 5 heteroatoms. The summed E-state index contributed by atoms with van der Waals surface area (Å²) in [5.41, 5.74) is 0.103. The van der Waals surface area contributed by atoms with Crippen LogP contribution in [-0.2, 0) is 16.0 Å². The number of Topliss-reactive ketones (excluding diaryl/α,β-unsaturated/α-hetero) is 2. The normalized spacial score (nSPS) is 10.1. The maximum absolute atomic E-state index is 12.9. The molecule has 1 aromatic rings. The molecule has 1 aromatic carbocycles. The highest BCUT2D eigenvalue weighted by Crippen LogP contribution is 2.15. The van der Waals surface area contributed by atoms with E-state index in [0.717, 1.165) is 12.1 Å². The molecule has 0 saturated carbocycles. The summed E-state index contributed by atoms with van der Waals surface area (Å²) in [5, 5.41) is 0. The lowest BCUT2D eigenvalue weighted by Crippen LogP contribution is -2.06. The molecule has 0 atom stereocenters. The molecule has 0 unspecified atom stereocenters. The third-order valence-electron chi connectivity index (χ3n) is 2.34. The summed E-state index contributed by atoms with van der Waals surface area (Å²) >= 11 is 0. The minimum atomic E-state index is -1.54. The summed E-state index contributed by atoms with van der Waals surface area (Å²) in [4.78, 5) is 22.2. The number of carbonyl (C=O) groups is 2. The highest BCUT2D eigenvalue weighted by Gasteiger charge is 2.12. The van der Waals surface area contributed by atoms with Crippen molar-refractivity contribution in [2.24, 2.45) is 0 Å². The summed E-state index contributed by atoms with van der Waals surface area (Å²) < 4.78 is 38.5. The van der Waals surface area contributed by atoms with Gasteiger partial charge in [0.1, 0.15) is 0 Å². The summed E-state index contributed by atoms with van der Waals surface area (Å²) in [6.07, 6.45) is 1.25. The minimum absolute atomic E-state index is 0.0252. The number of ketones is 2. The van der Waals surface area contributed by atoms with Gasteiger partial charge >= 0.3 is 0 Å². The quantitative estimate of drug-likeness (QED) is 0.359. The molecule has 0 spiro atoms. The predicted molar refractivity (Wildman–Crippen MR) is 59.5 cm³/mol. The van der Waals surface area contributed by atoms with Crippen LogP contribution in [0.5, 0.6) is 0 Å². The molecule has 0 aromatic heterocycles. The van der Waals surface area contributed by atoms with Crippen molar-refractivity contribution in [3.63, 3.8) is 0 Å². The number of hydrogen-bond donors (Lipinski definition) is 0. The van der Waals surface area contributed by atoms with Crippen molar-refractivity contribution in [3.05, 3.63) is 46.8 Å². The number of benzene rings is 1. The van der Waals surface area contributed by atoms with Crippen LogP contribution >= 0.6 is 0 Å². The van der Waals surface area contributed by atoms with Gasteiger partial charge in [0.15, 0.2) is 29.0 Å². The van der Waals surface area contributed by atoms with Gasteiger partial charge in [-0.2, -0.15) is 0 Å². The molecule has 2 nitrogen and oxygen atoms in total. The van der Waals surface area contributed by atoms with E-state index in [-0.39, 0.29) is 17.6 Å². The Morgan fingerprint density at radius 2 is 1.50 bits per heavy atom. The Labute approximate surface area is 102 Å². The fourth-order valence-electron chi connectivity index (χ4n) is 1.48. The predicted octanol–water partition coefficient (Wildman–Crippen LogP) is 2.75. The van der Waals surface area contributed by atoms with E-state index in [0.29, 0.717) is 0 Å². The smallest absolute Gasteiger partial charge is 0.194 e. The largest absolute Gasteiger partial charge is 0.294 e. The van der Waals surface area contributed by atoms with Gasteiger partial charge in [-0.25, -0.2) is 13.2 Å². The monoisotopic (exact) mass is 256 g/mol. The molecular weight excluding hydrogens is 245 g/mol. The van der Waals surface area contributed by atoms with Gasteiger partial charge < -0.3 is 0 Å². The van der Waals surface area contributed by atoms with Crippen molar-refractivity contribution in [1.82, 2.24) is 0 Å². The Balaban J connectivity index is 3.02. The van der Waals surface area contributed by atoms with Crippen molar-refractivity contribution in [3.8, 4) is 0 Å². The van der Waals surface area contributed by atoms with Crippen LogP contribution in [-0.4, -0.2) is 11.6 Å². The molecule has 0 fully saturated rings. The average Bonchev–Trinajstić information content (AvgIpc) is 2.24. The van der Waals surface area contributed by atoms with E-state index in [4.69, 9.17) is 0 Å². The molecule has 96 valence electrons. The van der Waals surface area contributed by atoms with E-state index in [1.165, 1.54) is 19.9 Å². The van der Waals surface area contributed by atoms with Crippen LogP contribution < -0.4 is 0 Å². The Kier molecular flexibility index (Phi) is 4.42. The van der Waals surface area contributed by atoms with Gasteiger partial charge in [0.05, 0.1) is 5.57 Å². The van der Waals surface area contributed by atoms with Gasteiger partial charge in [-0.1, -0.05) is 6.08 Å². The Hall–Kier alpha value is -1.91. The van der Waals surface area contributed by atoms with E-state index in [1.54, 1.807) is 0 Å². The van der Waals surface area contributed by atoms with Gasteiger partial charge in [-0.05, 0) is 38.0 Å². The second-order valence-electron chi connectivity index (χ2n) is 3.81. The molecule has 0 heterocycles. The van der Waals surface area contributed by atoms with Crippen molar-refractivity contribution >= 4 is 11.6 Å². The Bertz CT molecular complexity index is 494. The summed E-state index contributed by atoms with van der Waals surface area (Å²) in [6.45, 7) is 2.44. The zero-order valence-electron chi connectivity index (χ0n) is 9.89. The number of hydrogen-bond acceptors (Lipinski definition) is 2. The summed E-state index contributed by atoms with van der Waals surface area (Å²) in [5.74, 6) is -4.99. The van der Waals surface area contributed by atoms with Crippen LogP contribution in [0.3, 0.4) is 0 Å². The fourth-order valence-corrected chi connectivity index (χ4v) is 1.48. The van der Waals surface area contributed by atoms with Gasteiger partial charge in [-0.3, -0.25) is 9.59 Å². The lowest BCUT2D eigenvalue weighted by molar-refractivity contribution is -0.119. The first-order chi connectivity index (χ1) is 8.32. The van der Waals surface area contributed by atoms with E-state index in [9.17, 15) is 22.8 Å². The van der Waals surface area contributed by atoms with Crippen molar-refractivity contribution in [2.75, 3.05) is 0 Å². The second-order valence-corrected chi connectivity index (χ2v) is 3.81. The van der Waals surface area contributed by atoms with E-state index < -0.39 is 29.0 Å². The average molecular weight is 256 g/mol. The molecule has 0 aliphatic rings.